The Morgan fingerprint density at radius 3 is 2.87 bits per heavy atom. The number of fused-ring (bicyclic) bond motifs is 1. The van der Waals surface area contributed by atoms with Crippen LogP contribution < -0.4 is 5.32 Å². The summed E-state index contributed by atoms with van der Waals surface area (Å²) in [4.78, 5) is 11.1. The van der Waals surface area contributed by atoms with Crippen LogP contribution in [0.3, 0.4) is 0 Å². The minimum Gasteiger partial charge on any atom is -0.443 e. The second-order valence-corrected chi connectivity index (χ2v) is 7.54. The van der Waals surface area contributed by atoms with E-state index in [1.165, 1.54) is 29.4 Å². The van der Waals surface area contributed by atoms with Crippen LogP contribution >= 0.6 is 0 Å². The van der Waals surface area contributed by atoms with E-state index >= 15 is 0 Å². The van der Waals surface area contributed by atoms with Crippen molar-refractivity contribution in [2.24, 2.45) is 0 Å². The van der Waals surface area contributed by atoms with Gasteiger partial charge in [0, 0.05) is 37.0 Å². The maximum Gasteiger partial charge on any atom is 0.276 e. The van der Waals surface area contributed by atoms with Gasteiger partial charge in [-0.2, -0.15) is 4.31 Å². The molecule has 124 valence electrons. The minimum atomic E-state index is -3.82. The van der Waals surface area contributed by atoms with Crippen molar-refractivity contribution in [1.82, 2.24) is 9.62 Å². The highest BCUT2D eigenvalue weighted by atomic mass is 32.2. The fraction of sp³-hybridized carbons (Fsp3) is 0.400. The number of benzene rings is 1. The maximum absolute atomic E-state index is 13.4. The van der Waals surface area contributed by atoms with Gasteiger partial charge in [-0.15, -0.1) is 0 Å². The van der Waals surface area contributed by atoms with E-state index in [2.05, 4.69) is 5.32 Å². The third-order valence-corrected chi connectivity index (χ3v) is 5.86. The Morgan fingerprint density at radius 1 is 1.43 bits per heavy atom. The molecule has 0 spiro atoms. The van der Waals surface area contributed by atoms with Crippen LogP contribution in [0.25, 0.3) is 11.0 Å². The van der Waals surface area contributed by atoms with Crippen molar-refractivity contribution in [2.45, 2.75) is 31.4 Å². The van der Waals surface area contributed by atoms with Gasteiger partial charge >= 0.3 is 0 Å². The lowest BCUT2D eigenvalue weighted by molar-refractivity contribution is -0.119. The molecule has 0 aliphatic carbocycles. The normalized spacial score (nSPS) is 19.3. The number of hydrogen-bond donors (Lipinski definition) is 1. The Balaban J connectivity index is 1.94. The van der Waals surface area contributed by atoms with Crippen LogP contribution in [-0.2, 0) is 14.8 Å². The van der Waals surface area contributed by atoms with Gasteiger partial charge in [-0.05, 0) is 31.5 Å². The molecule has 1 aliphatic rings. The number of carbonyl (C=O) groups excluding carboxylic acids is 1. The fourth-order valence-electron chi connectivity index (χ4n) is 2.89. The van der Waals surface area contributed by atoms with Gasteiger partial charge in [-0.25, -0.2) is 12.8 Å². The molecule has 1 saturated heterocycles. The third-order valence-electron chi connectivity index (χ3n) is 3.99. The van der Waals surface area contributed by atoms with Gasteiger partial charge in [0.2, 0.25) is 11.0 Å². The number of hydrogen-bond acceptors (Lipinski definition) is 4. The number of halogens is 1. The van der Waals surface area contributed by atoms with Crippen molar-refractivity contribution in [1.29, 1.82) is 0 Å². The smallest absolute Gasteiger partial charge is 0.276 e. The van der Waals surface area contributed by atoms with Gasteiger partial charge in [-0.3, -0.25) is 4.79 Å². The molecule has 1 aromatic carbocycles. The number of amides is 1. The summed E-state index contributed by atoms with van der Waals surface area (Å²) in [5.74, 6) is -0.637. The molecule has 0 saturated carbocycles. The molecule has 2 heterocycles. The molecular formula is C15H17FN2O4S. The molecule has 1 atom stereocenters. The molecule has 1 aromatic heterocycles. The molecule has 2 aromatic rings. The van der Waals surface area contributed by atoms with Crippen LogP contribution in [0.4, 0.5) is 4.39 Å². The number of sulfonamides is 1. The lowest BCUT2D eigenvalue weighted by atomic mass is 10.2. The van der Waals surface area contributed by atoms with E-state index in [4.69, 9.17) is 4.42 Å². The predicted molar refractivity (Wildman–Crippen MR) is 81.9 cm³/mol. The highest BCUT2D eigenvalue weighted by molar-refractivity contribution is 7.89. The molecule has 8 heteroatoms. The molecule has 0 radical (unpaired) electrons. The Labute approximate surface area is 133 Å². The standard InChI is InChI=1S/C15H17FN2O4S/c1-9-13-7-11(16)3-4-14(13)22-15(9)23(20,21)18-6-5-12(8-18)17-10(2)19/h3-4,7,12H,5-6,8H2,1-2H3,(H,17,19). The number of nitrogens with one attached hydrogen (secondary N) is 1. The number of furan rings is 1. The zero-order valence-corrected chi connectivity index (χ0v) is 13.6. The molecule has 1 N–H and O–H groups in total. The van der Waals surface area contributed by atoms with Crippen LogP contribution in [0, 0.1) is 12.7 Å². The summed E-state index contributed by atoms with van der Waals surface area (Å²) in [6.45, 7) is 3.50. The highest BCUT2D eigenvalue weighted by Gasteiger charge is 2.36. The van der Waals surface area contributed by atoms with E-state index in [1.807, 2.05) is 0 Å². The Bertz CT molecular complexity index is 875. The van der Waals surface area contributed by atoms with Gasteiger partial charge in [0.1, 0.15) is 11.4 Å². The van der Waals surface area contributed by atoms with Crippen molar-refractivity contribution in [3.8, 4) is 0 Å². The molecular weight excluding hydrogens is 323 g/mol. The zero-order chi connectivity index (χ0) is 16.8. The monoisotopic (exact) mass is 340 g/mol. The molecule has 23 heavy (non-hydrogen) atoms. The van der Waals surface area contributed by atoms with Gasteiger partial charge in [0.25, 0.3) is 10.0 Å². The zero-order valence-electron chi connectivity index (χ0n) is 12.8. The lowest BCUT2D eigenvalue weighted by Crippen LogP contribution is -2.37. The molecule has 3 rings (SSSR count). The van der Waals surface area contributed by atoms with Crippen molar-refractivity contribution in [2.75, 3.05) is 13.1 Å². The highest BCUT2D eigenvalue weighted by Crippen LogP contribution is 2.32. The Kier molecular flexibility index (Phi) is 3.89. The lowest BCUT2D eigenvalue weighted by Gasteiger charge is -2.15. The van der Waals surface area contributed by atoms with Crippen LogP contribution in [0.5, 0.6) is 0 Å². The van der Waals surface area contributed by atoms with E-state index in [-0.39, 0.29) is 23.6 Å². The predicted octanol–water partition coefficient (Wildman–Crippen LogP) is 1.78. The minimum absolute atomic E-state index is 0.165. The second kappa shape index (κ2) is 5.61. The molecule has 6 nitrogen and oxygen atoms in total. The van der Waals surface area contributed by atoms with E-state index in [0.29, 0.717) is 29.5 Å². The molecule has 1 fully saturated rings. The first-order chi connectivity index (χ1) is 10.8. The summed E-state index contributed by atoms with van der Waals surface area (Å²) >= 11 is 0. The summed E-state index contributed by atoms with van der Waals surface area (Å²) in [6, 6.07) is 3.70. The second-order valence-electron chi connectivity index (χ2n) is 5.70. The first kappa shape index (κ1) is 15.9. The van der Waals surface area contributed by atoms with Gasteiger partial charge in [0.05, 0.1) is 0 Å². The molecule has 1 amide bonds. The summed E-state index contributed by atoms with van der Waals surface area (Å²) in [5, 5.41) is 3.00. The summed E-state index contributed by atoms with van der Waals surface area (Å²) < 4.78 is 45.6. The van der Waals surface area contributed by atoms with E-state index in [9.17, 15) is 17.6 Å². The van der Waals surface area contributed by atoms with Gasteiger partial charge < -0.3 is 9.73 Å². The van der Waals surface area contributed by atoms with Crippen LogP contribution in [0.15, 0.2) is 27.7 Å². The summed E-state index contributed by atoms with van der Waals surface area (Å²) in [6.07, 6.45) is 0.548. The van der Waals surface area contributed by atoms with E-state index in [1.54, 1.807) is 6.92 Å². The quantitative estimate of drug-likeness (QED) is 0.924. The molecule has 1 aliphatic heterocycles. The number of carbonyl (C=O) groups is 1. The number of aryl methyl sites for hydroxylation is 1. The largest absolute Gasteiger partial charge is 0.443 e. The van der Waals surface area contributed by atoms with Crippen LogP contribution in [0.2, 0.25) is 0 Å². The Hall–Kier alpha value is -1.93. The summed E-state index contributed by atoms with van der Waals surface area (Å²) in [7, 11) is -3.82. The van der Waals surface area contributed by atoms with Gasteiger partial charge in [0.15, 0.2) is 0 Å². The Morgan fingerprint density at radius 2 is 2.17 bits per heavy atom. The van der Waals surface area contributed by atoms with E-state index in [0.717, 1.165) is 0 Å². The number of rotatable bonds is 3. The van der Waals surface area contributed by atoms with Gasteiger partial charge in [-0.1, -0.05) is 0 Å². The van der Waals surface area contributed by atoms with E-state index < -0.39 is 15.8 Å². The number of nitrogens with zero attached hydrogens (tertiary/aromatic N) is 1. The molecule has 0 bridgehead atoms. The maximum atomic E-state index is 13.4. The third kappa shape index (κ3) is 2.84. The van der Waals surface area contributed by atoms with Crippen molar-refractivity contribution in [3.05, 3.63) is 29.6 Å². The first-order valence-corrected chi connectivity index (χ1v) is 8.69. The first-order valence-electron chi connectivity index (χ1n) is 7.25. The molecule has 1 unspecified atom stereocenters. The average Bonchev–Trinajstić information content (AvgIpc) is 3.05. The van der Waals surface area contributed by atoms with Crippen LogP contribution in [-0.4, -0.2) is 37.8 Å². The average molecular weight is 340 g/mol. The SMILES string of the molecule is CC(=O)NC1CCN(S(=O)(=O)c2oc3ccc(F)cc3c2C)C1. The van der Waals surface area contributed by atoms with Crippen molar-refractivity contribution >= 4 is 26.9 Å². The summed E-state index contributed by atoms with van der Waals surface area (Å²) in [5.41, 5.74) is 0.725. The van der Waals surface area contributed by atoms with Crippen molar-refractivity contribution < 1.29 is 22.0 Å². The van der Waals surface area contributed by atoms with Crippen molar-refractivity contribution in [3.63, 3.8) is 0 Å². The fourth-order valence-corrected chi connectivity index (χ4v) is 4.53. The van der Waals surface area contributed by atoms with Crippen LogP contribution in [0.1, 0.15) is 18.9 Å². The topological polar surface area (TPSA) is 79.6 Å².